The third-order valence-electron chi connectivity index (χ3n) is 3.65. The minimum Gasteiger partial charge on any atom is -0.494 e. The Bertz CT molecular complexity index is 682. The van der Waals surface area contributed by atoms with Crippen LogP contribution in [0.3, 0.4) is 0 Å². The van der Waals surface area contributed by atoms with E-state index < -0.39 is 0 Å². The van der Waals surface area contributed by atoms with E-state index in [1.54, 1.807) is 6.07 Å². The third-order valence-corrected chi connectivity index (χ3v) is 3.65. The molecule has 2 aromatic rings. The Morgan fingerprint density at radius 3 is 2.18 bits per heavy atom. The number of hydrogen-bond acceptors (Lipinski definition) is 2. The van der Waals surface area contributed by atoms with E-state index in [4.69, 9.17) is 4.74 Å². The number of rotatable bonds is 4. The summed E-state index contributed by atoms with van der Waals surface area (Å²) in [4.78, 5) is 12.5. The number of anilines is 1. The molecule has 1 N–H and O–H groups in total. The molecule has 0 unspecified atom stereocenters. The molecule has 0 aliphatic rings. The molecule has 0 saturated heterocycles. The van der Waals surface area contributed by atoms with Crippen LogP contribution in [0.5, 0.6) is 5.75 Å². The maximum absolute atomic E-state index is 12.5. The molecule has 22 heavy (non-hydrogen) atoms. The summed E-state index contributed by atoms with van der Waals surface area (Å²) in [5.41, 5.74) is 5.85. The van der Waals surface area contributed by atoms with Crippen LogP contribution in [0.1, 0.15) is 39.5 Å². The summed E-state index contributed by atoms with van der Waals surface area (Å²) in [7, 11) is 0. The van der Waals surface area contributed by atoms with E-state index in [0.717, 1.165) is 28.1 Å². The van der Waals surface area contributed by atoms with E-state index in [2.05, 4.69) is 24.4 Å². The molecule has 0 fully saturated rings. The summed E-state index contributed by atoms with van der Waals surface area (Å²) < 4.78 is 5.51. The van der Waals surface area contributed by atoms with Crippen LogP contribution in [0.4, 0.5) is 5.69 Å². The normalized spacial score (nSPS) is 10.4. The van der Waals surface area contributed by atoms with E-state index in [1.165, 1.54) is 5.56 Å². The van der Waals surface area contributed by atoms with Gasteiger partial charge in [-0.15, -0.1) is 0 Å². The van der Waals surface area contributed by atoms with Crippen molar-refractivity contribution in [2.24, 2.45) is 0 Å². The van der Waals surface area contributed by atoms with Gasteiger partial charge in [0.25, 0.3) is 5.91 Å². The molecule has 2 aromatic carbocycles. The molecule has 116 valence electrons. The maximum atomic E-state index is 12.5. The molecule has 3 nitrogen and oxygen atoms in total. The second-order valence-electron chi connectivity index (χ2n) is 5.64. The predicted molar refractivity (Wildman–Crippen MR) is 91.0 cm³/mol. The average Bonchev–Trinajstić information content (AvgIpc) is 2.45. The highest BCUT2D eigenvalue weighted by Crippen LogP contribution is 2.24. The van der Waals surface area contributed by atoms with Gasteiger partial charge < -0.3 is 10.1 Å². The SMILES string of the molecule is CCOc1ccc(C(=O)Nc2c(C)cc(C)cc2C)cc1C. The van der Waals surface area contributed by atoms with Crippen LogP contribution in [-0.4, -0.2) is 12.5 Å². The number of aryl methyl sites for hydroxylation is 4. The highest BCUT2D eigenvalue weighted by Gasteiger charge is 2.12. The van der Waals surface area contributed by atoms with Gasteiger partial charge in [-0.05, 0) is 69.5 Å². The molecule has 0 atom stereocenters. The smallest absolute Gasteiger partial charge is 0.255 e. The van der Waals surface area contributed by atoms with Crippen molar-refractivity contribution in [3.8, 4) is 5.75 Å². The quantitative estimate of drug-likeness (QED) is 0.897. The Labute approximate surface area is 132 Å². The molecule has 0 bridgehead atoms. The van der Waals surface area contributed by atoms with E-state index in [0.29, 0.717) is 12.2 Å². The van der Waals surface area contributed by atoms with Gasteiger partial charge in [-0.3, -0.25) is 4.79 Å². The zero-order chi connectivity index (χ0) is 16.3. The van der Waals surface area contributed by atoms with Gasteiger partial charge in [0.05, 0.1) is 6.61 Å². The highest BCUT2D eigenvalue weighted by molar-refractivity contribution is 6.05. The molecule has 0 spiro atoms. The number of nitrogens with one attached hydrogen (secondary N) is 1. The van der Waals surface area contributed by atoms with Crippen molar-refractivity contribution in [3.05, 3.63) is 58.1 Å². The van der Waals surface area contributed by atoms with Gasteiger partial charge in [-0.1, -0.05) is 17.7 Å². The van der Waals surface area contributed by atoms with Crippen LogP contribution >= 0.6 is 0 Å². The number of carbonyl (C=O) groups is 1. The lowest BCUT2D eigenvalue weighted by molar-refractivity contribution is 0.102. The summed E-state index contributed by atoms with van der Waals surface area (Å²) in [5.74, 6) is 0.725. The third kappa shape index (κ3) is 3.48. The van der Waals surface area contributed by atoms with Crippen LogP contribution in [0.25, 0.3) is 0 Å². The number of amides is 1. The van der Waals surface area contributed by atoms with Crippen LogP contribution in [0.2, 0.25) is 0 Å². The van der Waals surface area contributed by atoms with Gasteiger partial charge in [0.1, 0.15) is 5.75 Å². The van der Waals surface area contributed by atoms with Gasteiger partial charge >= 0.3 is 0 Å². The molecular formula is C19H23NO2. The first kappa shape index (κ1) is 16.1. The Morgan fingerprint density at radius 1 is 1.00 bits per heavy atom. The van der Waals surface area contributed by atoms with Crippen molar-refractivity contribution in [2.45, 2.75) is 34.6 Å². The molecule has 0 aliphatic carbocycles. The van der Waals surface area contributed by atoms with Gasteiger partial charge in [0.15, 0.2) is 0 Å². The summed E-state index contributed by atoms with van der Waals surface area (Å²) in [5, 5.41) is 3.02. The van der Waals surface area contributed by atoms with Crippen molar-refractivity contribution < 1.29 is 9.53 Å². The van der Waals surface area contributed by atoms with Crippen molar-refractivity contribution >= 4 is 11.6 Å². The first-order valence-electron chi connectivity index (χ1n) is 7.55. The van der Waals surface area contributed by atoms with Gasteiger partial charge in [-0.2, -0.15) is 0 Å². The van der Waals surface area contributed by atoms with Gasteiger partial charge in [-0.25, -0.2) is 0 Å². The monoisotopic (exact) mass is 297 g/mol. The Kier molecular flexibility index (Phi) is 4.86. The summed E-state index contributed by atoms with van der Waals surface area (Å²) >= 11 is 0. The maximum Gasteiger partial charge on any atom is 0.255 e. The largest absolute Gasteiger partial charge is 0.494 e. The van der Waals surface area contributed by atoms with E-state index >= 15 is 0 Å². The number of ether oxygens (including phenoxy) is 1. The van der Waals surface area contributed by atoms with Crippen molar-refractivity contribution in [1.82, 2.24) is 0 Å². The zero-order valence-corrected chi connectivity index (χ0v) is 13.9. The molecule has 0 radical (unpaired) electrons. The Hall–Kier alpha value is -2.29. The lowest BCUT2D eigenvalue weighted by atomic mass is 10.0. The van der Waals surface area contributed by atoms with Crippen molar-refractivity contribution in [1.29, 1.82) is 0 Å². The molecule has 2 rings (SSSR count). The molecule has 3 heteroatoms. The second-order valence-corrected chi connectivity index (χ2v) is 5.64. The highest BCUT2D eigenvalue weighted by atomic mass is 16.5. The fraction of sp³-hybridized carbons (Fsp3) is 0.316. The fourth-order valence-corrected chi connectivity index (χ4v) is 2.67. The van der Waals surface area contributed by atoms with Crippen molar-refractivity contribution in [3.63, 3.8) is 0 Å². The lowest BCUT2D eigenvalue weighted by Gasteiger charge is -2.14. The Balaban J connectivity index is 2.25. The number of carbonyl (C=O) groups excluding carboxylic acids is 1. The van der Waals surface area contributed by atoms with E-state index in [-0.39, 0.29) is 5.91 Å². The molecular weight excluding hydrogens is 274 g/mol. The predicted octanol–water partition coefficient (Wildman–Crippen LogP) is 4.57. The van der Waals surface area contributed by atoms with E-state index in [1.807, 2.05) is 39.8 Å². The molecule has 0 aromatic heterocycles. The lowest BCUT2D eigenvalue weighted by Crippen LogP contribution is -2.14. The summed E-state index contributed by atoms with van der Waals surface area (Å²) in [6.07, 6.45) is 0. The molecule has 1 amide bonds. The topological polar surface area (TPSA) is 38.3 Å². The molecule has 0 saturated carbocycles. The van der Waals surface area contributed by atoms with Gasteiger partial charge in [0, 0.05) is 11.3 Å². The van der Waals surface area contributed by atoms with Crippen LogP contribution in [0.15, 0.2) is 30.3 Å². The zero-order valence-electron chi connectivity index (χ0n) is 13.9. The Morgan fingerprint density at radius 2 is 1.64 bits per heavy atom. The summed E-state index contributed by atoms with van der Waals surface area (Å²) in [6, 6.07) is 9.66. The number of hydrogen-bond donors (Lipinski definition) is 1. The van der Waals surface area contributed by atoms with Crippen molar-refractivity contribution in [2.75, 3.05) is 11.9 Å². The van der Waals surface area contributed by atoms with Gasteiger partial charge in [0.2, 0.25) is 0 Å². The van der Waals surface area contributed by atoms with Crippen LogP contribution in [0, 0.1) is 27.7 Å². The second kappa shape index (κ2) is 6.65. The first-order valence-corrected chi connectivity index (χ1v) is 7.55. The standard InChI is InChI=1S/C19H23NO2/c1-6-22-17-8-7-16(11-13(17)3)19(21)20-18-14(4)9-12(2)10-15(18)5/h7-11H,6H2,1-5H3,(H,20,21). The van der Waals surface area contributed by atoms with Crippen LogP contribution < -0.4 is 10.1 Å². The average molecular weight is 297 g/mol. The summed E-state index contributed by atoms with van der Waals surface area (Å²) in [6.45, 7) is 10.6. The molecule has 0 heterocycles. The number of benzene rings is 2. The fourth-order valence-electron chi connectivity index (χ4n) is 2.67. The van der Waals surface area contributed by atoms with Crippen LogP contribution in [-0.2, 0) is 0 Å². The first-order chi connectivity index (χ1) is 10.4. The van der Waals surface area contributed by atoms with E-state index in [9.17, 15) is 4.79 Å². The minimum atomic E-state index is -0.0961. The minimum absolute atomic E-state index is 0.0961. The molecule has 0 aliphatic heterocycles.